The first kappa shape index (κ1) is 7.89. The van der Waals surface area contributed by atoms with Crippen molar-refractivity contribution in [1.82, 2.24) is 10.6 Å². The molecule has 0 bridgehead atoms. The number of rotatable bonds is 0. The highest BCUT2D eigenvalue weighted by Crippen LogP contribution is 2.13. The van der Waals surface area contributed by atoms with Crippen molar-refractivity contribution in [3.05, 3.63) is 0 Å². The second-order valence-corrected chi connectivity index (χ2v) is 3.36. The molecule has 0 aromatic rings. The summed E-state index contributed by atoms with van der Waals surface area (Å²) in [4.78, 5) is 0. The molecule has 2 atom stereocenters. The van der Waals surface area contributed by atoms with Gasteiger partial charge < -0.3 is 0 Å². The Labute approximate surface area is 68.8 Å². The highest BCUT2D eigenvalue weighted by molar-refractivity contribution is 6.26. The van der Waals surface area contributed by atoms with E-state index in [0.717, 1.165) is 0 Å². The molecule has 0 saturated carbocycles. The molecule has 0 radical (unpaired) electrons. The summed E-state index contributed by atoms with van der Waals surface area (Å²) < 4.78 is 0. The molecule has 1 heterocycles. The molecule has 5 heteroatoms. The van der Waals surface area contributed by atoms with Crippen LogP contribution in [0.5, 0.6) is 0 Å². The van der Waals surface area contributed by atoms with Crippen LogP contribution in [-0.4, -0.2) is 16.6 Å². The third kappa shape index (κ3) is 2.48. The Balaban J connectivity index is 2.34. The van der Waals surface area contributed by atoms with Crippen LogP contribution in [0.15, 0.2) is 0 Å². The number of halogens is 3. The fourth-order valence-electron chi connectivity index (χ4n) is 0.683. The fraction of sp³-hybridized carbons (Fsp3) is 1.00. The van der Waals surface area contributed by atoms with Crippen LogP contribution in [0.4, 0.5) is 0 Å². The average molecular weight is 189 g/mol. The van der Waals surface area contributed by atoms with Gasteiger partial charge in [0.1, 0.15) is 5.62 Å². The molecule has 2 N–H and O–H groups in total. The smallest absolute Gasteiger partial charge is 0.137 e. The second-order valence-electron chi connectivity index (χ2n) is 1.87. The normalized spacial score (nSPS) is 45.0. The molecule has 1 rings (SSSR count). The van der Waals surface area contributed by atoms with E-state index in [1.54, 1.807) is 0 Å². The van der Waals surface area contributed by atoms with Crippen molar-refractivity contribution in [2.24, 2.45) is 0 Å². The molecule has 0 aromatic heterocycles. The van der Waals surface area contributed by atoms with Crippen molar-refractivity contribution in [3.63, 3.8) is 0 Å². The van der Waals surface area contributed by atoms with Gasteiger partial charge >= 0.3 is 0 Å². The molecule has 1 aliphatic heterocycles. The molecule has 9 heavy (non-hydrogen) atoms. The van der Waals surface area contributed by atoms with Crippen molar-refractivity contribution in [1.29, 1.82) is 0 Å². The Morgan fingerprint density at radius 1 is 1.00 bits per heavy atom. The summed E-state index contributed by atoms with van der Waals surface area (Å²) in [5.41, 5.74) is -0.531. The lowest BCUT2D eigenvalue weighted by Gasteiger charge is -2.27. The molecule has 1 saturated heterocycles. The maximum atomic E-state index is 5.69. The van der Waals surface area contributed by atoms with Gasteiger partial charge in [0.2, 0.25) is 0 Å². The lowest BCUT2D eigenvalue weighted by Crippen LogP contribution is -2.51. The van der Waals surface area contributed by atoms with E-state index in [1.165, 1.54) is 0 Å². The van der Waals surface area contributed by atoms with Crippen LogP contribution in [0, 0.1) is 0 Å². The Kier molecular flexibility index (Phi) is 2.86. The Morgan fingerprint density at radius 3 is 1.78 bits per heavy atom. The van der Waals surface area contributed by atoms with Gasteiger partial charge in [-0.05, 0) is 0 Å². The van der Waals surface area contributed by atoms with Gasteiger partial charge in [-0.3, -0.25) is 10.6 Å². The van der Waals surface area contributed by atoms with E-state index in [4.69, 9.17) is 34.8 Å². The minimum Gasteiger partial charge on any atom is -0.273 e. The van der Waals surface area contributed by atoms with Gasteiger partial charge in [0.25, 0.3) is 0 Å². The van der Waals surface area contributed by atoms with Crippen molar-refractivity contribution >= 4 is 34.8 Å². The van der Waals surface area contributed by atoms with E-state index in [2.05, 4.69) is 10.6 Å². The predicted molar refractivity (Wildman–Crippen MR) is 39.8 cm³/mol. The standard InChI is InChI=1S/C4H7Cl3N2/c5-2-1-3(6)9-4(7)8-2/h2-4,8-9H,1H2. The predicted octanol–water partition coefficient (Wildman–Crippen LogP) is 1.22. The van der Waals surface area contributed by atoms with Crippen molar-refractivity contribution < 1.29 is 0 Å². The summed E-state index contributed by atoms with van der Waals surface area (Å²) in [6, 6.07) is 0. The minimum absolute atomic E-state index is 0.115. The average Bonchev–Trinajstić information content (AvgIpc) is 1.59. The van der Waals surface area contributed by atoms with Crippen molar-refractivity contribution in [2.45, 2.75) is 23.0 Å². The minimum atomic E-state index is -0.302. The van der Waals surface area contributed by atoms with E-state index in [-0.39, 0.29) is 16.6 Å². The first-order valence-electron chi connectivity index (χ1n) is 2.63. The SMILES string of the molecule is ClC1CC(Cl)NC(Cl)N1. The zero-order valence-corrected chi connectivity index (χ0v) is 6.84. The summed E-state index contributed by atoms with van der Waals surface area (Å²) >= 11 is 17.0. The van der Waals surface area contributed by atoms with Crippen LogP contribution >= 0.6 is 34.8 Å². The van der Waals surface area contributed by atoms with Gasteiger partial charge in [0, 0.05) is 6.42 Å². The summed E-state index contributed by atoms with van der Waals surface area (Å²) in [6.07, 6.45) is 0.687. The van der Waals surface area contributed by atoms with Gasteiger partial charge in [-0.2, -0.15) is 0 Å². The van der Waals surface area contributed by atoms with Crippen LogP contribution in [0.1, 0.15) is 6.42 Å². The van der Waals surface area contributed by atoms with Crippen molar-refractivity contribution in [2.75, 3.05) is 0 Å². The molecule has 0 aromatic carbocycles. The van der Waals surface area contributed by atoms with Gasteiger partial charge in [-0.15, -0.1) is 23.2 Å². The first-order valence-corrected chi connectivity index (χ1v) is 3.94. The number of nitrogens with one attached hydrogen (secondary N) is 2. The molecular weight excluding hydrogens is 182 g/mol. The number of hydrogen-bond acceptors (Lipinski definition) is 2. The van der Waals surface area contributed by atoms with E-state index < -0.39 is 0 Å². The Hall–Kier alpha value is 0.790. The second kappa shape index (κ2) is 3.26. The van der Waals surface area contributed by atoms with Crippen LogP contribution in [-0.2, 0) is 0 Å². The monoisotopic (exact) mass is 188 g/mol. The van der Waals surface area contributed by atoms with Gasteiger partial charge in [0.15, 0.2) is 0 Å². The summed E-state index contributed by atoms with van der Waals surface area (Å²) in [7, 11) is 0. The lowest BCUT2D eigenvalue weighted by molar-refractivity contribution is 0.404. The van der Waals surface area contributed by atoms with Gasteiger partial charge in [0.05, 0.1) is 11.0 Å². The quantitative estimate of drug-likeness (QED) is 0.442. The maximum absolute atomic E-state index is 5.69. The van der Waals surface area contributed by atoms with E-state index in [1.807, 2.05) is 0 Å². The van der Waals surface area contributed by atoms with E-state index in [0.29, 0.717) is 6.42 Å². The third-order valence-electron chi connectivity index (χ3n) is 1.07. The topological polar surface area (TPSA) is 24.1 Å². The molecular formula is C4H7Cl3N2. The highest BCUT2D eigenvalue weighted by atomic mass is 35.5. The molecule has 0 spiro atoms. The van der Waals surface area contributed by atoms with Crippen LogP contribution in [0.25, 0.3) is 0 Å². The molecule has 0 aliphatic carbocycles. The third-order valence-corrected chi connectivity index (χ3v) is 1.93. The molecule has 1 aliphatic rings. The van der Waals surface area contributed by atoms with Crippen LogP contribution in [0.2, 0.25) is 0 Å². The zero-order valence-electron chi connectivity index (χ0n) is 4.57. The molecule has 0 amide bonds. The largest absolute Gasteiger partial charge is 0.273 e. The number of hydrogen-bond donors (Lipinski definition) is 2. The van der Waals surface area contributed by atoms with Crippen LogP contribution < -0.4 is 10.6 Å². The highest BCUT2D eigenvalue weighted by Gasteiger charge is 2.22. The van der Waals surface area contributed by atoms with Crippen LogP contribution in [0.3, 0.4) is 0 Å². The zero-order chi connectivity index (χ0) is 6.85. The Morgan fingerprint density at radius 2 is 1.44 bits per heavy atom. The molecule has 1 fully saturated rings. The molecule has 2 unspecified atom stereocenters. The molecule has 2 nitrogen and oxygen atoms in total. The Bertz CT molecular complexity index is 74.8. The maximum Gasteiger partial charge on any atom is 0.137 e. The first-order chi connectivity index (χ1) is 4.18. The van der Waals surface area contributed by atoms with Gasteiger partial charge in [-0.25, -0.2) is 0 Å². The fourth-order valence-corrected chi connectivity index (χ4v) is 1.82. The summed E-state index contributed by atoms with van der Waals surface area (Å²) in [5, 5.41) is 5.69. The molecule has 54 valence electrons. The lowest BCUT2D eigenvalue weighted by atomic mass is 10.4. The van der Waals surface area contributed by atoms with Crippen molar-refractivity contribution in [3.8, 4) is 0 Å². The number of alkyl halides is 3. The van der Waals surface area contributed by atoms with E-state index in [9.17, 15) is 0 Å². The van der Waals surface area contributed by atoms with E-state index >= 15 is 0 Å². The summed E-state index contributed by atoms with van der Waals surface area (Å²) in [6.45, 7) is 0. The van der Waals surface area contributed by atoms with Gasteiger partial charge in [-0.1, -0.05) is 11.6 Å². The summed E-state index contributed by atoms with van der Waals surface area (Å²) in [5.74, 6) is 0.